The van der Waals surface area contributed by atoms with E-state index in [4.69, 9.17) is 21.2 Å². The molecule has 0 aromatic rings. The van der Waals surface area contributed by atoms with Crippen LogP contribution in [0, 0.1) is 0 Å². The quantitative estimate of drug-likeness (QED) is 0.303. The monoisotopic (exact) mass is 206 g/mol. The van der Waals surface area contributed by atoms with Gasteiger partial charge in [-0.25, -0.2) is 5.06 Å². The van der Waals surface area contributed by atoms with Gasteiger partial charge in [0, 0.05) is 0 Å². The van der Waals surface area contributed by atoms with E-state index >= 15 is 0 Å². The molecule has 8 heteroatoms. The molecule has 0 aromatic heterocycles. The Balaban J connectivity index is 4.16. The first kappa shape index (κ1) is 12.3. The van der Waals surface area contributed by atoms with Crippen LogP contribution >= 0.6 is 0 Å². The number of carbonyl (C=O) groups is 3. The van der Waals surface area contributed by atoms with Crippen molar-refractivity contribution in [2.24, 2.45) is 5.73 Å². The van der Waals surface area contributed by atoms with Crippen molar-refractivity contribution in [2.45, 2.75) is 12.5 Å². The average Bonchev–Trinajstić information content (AvgIpc) is 2.00. The molecule has 8 nitrogen and oxygen atoms in total. The van der Waals surface area contributed by atoms with E-state index in [1.165, 1.54) is 0 Å². The normalized spacial score (nSPS) is 11.9. The largest absolute Gasteiger partial charge is 0.481 e. The van der Waals surface area contributed by atoms with Crippen molar-refractivity contribution in [1.82, 2.24) is 5.06 Å². The van der Waals surface area contributed by atoms with Crippen LogP contribution in [0.4, 0.5) is 0 Å². The van der Waals surface area contributed by atoms with Gasteiger partial charge in [-0.2, -0.15) is 0 Å². The second-order valence-corrected chi connectivity index (χ2v) is 2.49. The number of aliphatic carboxylic acids is 2. The first-order valence-electron chi connectivity index (χ1n) is 3.54. The van der Waals surface area contributed by atoms with E-state index in [1.54, 1.807) is 0 Å². The smallest absolute Gasteiger partial charge is 0.325 e. The van der Waals surface area contributed by atoms with E-state index in [-0.39, 0.29) is 5.06 Å². The molecule has 0 saturated heterocycles. The zero-order chi connectivity index (χ0) is 11.3. The number of hydrogen-bond acceptors (Lipinski definition) is 5. The van der Waals surface area contributed by atoms with Gasteiger partial charge < -0.3 is 15.9 Å². The number of rotatable bonds is 5. The molecule has 0 bridgehead atoms. The lowest BCUT2D eigenvalue weighted by atomic mass is 10.2. The number of nitrogens with zero attached hydrogens (tertiary/aromatic N) is 1. The highest BCUT2D eigenvalue weighted by Gasteiger charge is 2.23. The molecule has 0 saturated carbocycles. The highest BCUT2D eigenvalue weighted by atomic mass is 16.5. The molecular formula is C6H10N2O6. The molecule has 14 heavy (non-hydrogen) atoms. The summed E-state index contributed by atoms with van der Waals surface area (Å²) in [7, 11) is 0. The Kier molecular flexibility index (Phi) is 4.53. The molecule has 0 fully saturated rings. The van der Waals surface area contributed by atoms with Crippen LogP contribution in [-0.4, -0.2) is 50.9 Å². The molecule has 5 N–H and O–H groups in total. The third kappa shape index (κ3) is 4.38. The maximum Gasteiger partial charge on any atom is 0.325 e. The molecule has 0 heterocycles. The van der Waals surface area contributed by atoms with Crippen LogP contribution in [0.1, 0.15) is 6.42 Å². The topological polar surface area (TPSA) is 141 Å². The average molecular weight is 206 g/mol. The maximum absolute atomic E-state index is 10.9. The fourth-order valence-corrected chi connectivity index (χ4v) is 0.673. The molecular weight excluding hydrogens is 196 g/mol. The fraction of sp³-hybridized carbons (Fsp3) is 0.500. The number of hydrogen-bond donors (Lipinski definition) is 4. The Labute approximate surface area is 78.5 Å². The minimum atomic E-state index is -1.45. The summed E-state index contributed by atoms with van der Waals surface area (Å²) in [5.41, 5.74) is 5.07. The van der Waals surface area contributed by atoms with E-state index < -0.39 is 36.9 Å². The zero-order valence-electron chi connectivity index (χ0n) is 7.08. The molecule has 0 aromatic carbocycles. The molecule has 0 aliphatic heterocycles. The molecule has 1 amide bonds. The number of nitrogens with two attached hydrogens (primary N) is 1. The van der Waals surface area contributed by atoms with Crippen molar-refractivity contribution in [3.05, 3.63) is 0 Å². The molecule has 1 atom stereocenters. The number of carboxylic acid groups (broad SMARTS) is 2. The van der Waals surface area contributed by atoms with E-state index in [1.807, 2.05) is 0 Å². The number of carboxylic acids is 2. The summed E-state index contributed by atoms with van der Waals surface area (Å²) < 4.78 is 0. The van der Waals surface area contributed by atoms with Crippen molar-refractivity contribution in [3.8, 4) is 0 Å². The van der Waals surface area contributed by atoms with Crippen LogP contribution in [0.25, 0.3) is 0 Å². The third-order valence-electron chi connectivity index (χ3n) is 1.25. The van der Waals surface area contributed by atoms with Gasteiger partial charge in [-0.05, 0) is 0 Å². The third-order valence-corrected chi connectivity index (χ3v) is 1.25. The van der Waals surface area contributed by atoms with Gasteiger partial charge in [0.05, 0.1) is 12.5 Å². The summed E-state index contributed by atoms with van der Waals surface area (Å²) in [6.45, 7) is -0.938. The lowest BCUT2D eigenvalue weighted by molar-refractivity contribution is -0.175. The van der Waals surface area contributed by atoms with Gasteiger partial charge in [0.2, 0.25) is 0 Å². The van der Waals surface area contributed by atoms with Crippen LogP contribution in [-0.2, 0) is 14.4 Å². The highest BCUT2D eigenvalue weighted by molar-refractivity contribution is 5.87. The Morgan fingerprint density at radius 3 is 2.07 bits per heavy atom. The van der Waals surface area contributed by atoms with E-state index in [0.717, 1.165) is 0 Å². The lowest BCUT2D eigenvalue weighted by Crippen LogP contribution is -2.45. The Bertz CT molecular complexity index is 229. The molecule has 0 radical (unpaired) electrons. The van der Waals surface area contributed by atoms with Gasteiger partial charge in [0.25, 0.3) is 5.91 Å². The molecule has 0 aliphatic rings. The first-order chi connectivity index (χ1) is 6.34. The van der Waals surface area contributed by atoms with Crippen molar-refractivity contribution in [2.75, 3.05) is 6.54 Å². The fourth-order valence-electron chi connectivity index (χ4n) is 0.673. The minimum Gasteiger partial charge on any atom is -0.481 e. The molecule has 1 unspecified atom stereocenters. The lowest BCUT2D eigenvalue weighted by Gasteiger charge is -2.15. The summed E-state index contributed by atoms with van der Waals surface area (Å²) in [4.78, 5) is 31.1. The molecule has 80 valence electrons. The number of hydroxylamine groups is 2. The predicted molar refractivity (Wildman–Crippen MR) is 41.4 cm³/mol. The Morgan fingerprint density at radius 2 is 1.71 bits per heavy atom. The first-order valence-corrected chi connectivity index (χ1v) is 3.54. The van der Waals surface area contributed by atoms with Gasteiger partial charge in [-0.15, -0.1) is 0 Å². The summed E-state index contributed by atoms with van der Waals surface area (Å²) in [5.74, 6) is -3.88. The van der Waals surface area contributed by atoms with Crippen molar-refractivity contribution in [3.63, 3.8) is 0 Å². The second-order valence-electron chi connectivity index (χ2n) is 2.49. The zero-order valence-corrected chi connectivity index (χ0v) is 7.08. The highest BCUT2D eigenvalue weighted by Crippen LogP contribution is 1.94. The van der Waals surface area contributed by atoms with Gasteiger partial charge in [0.15, 0.2) is 0 Å². The van der Waals surface area contributed by atoms with Gasteiger partial charge in [-0.1, -0.05) is 0 Å². The molecule has 0 rings (SSSR count). The van der Waals surface area contributed by atoms with Crippen LogP contribution in [0.3, 0.4) is 0 Å². The van der Waals surface area contributed by atoms with E-state index in [2.05, 4.69) is 0 Å². The molecule has 0 spiro atoms. The van der Waals surface area contributed by atoms with Crippen LogP contribution in [0.15, 0.2) is 0 Å². The van der Waals surface area contributed by atoms with Crippen LogP contribution in [0.5, 0.6) is 0 Å². The van der Waals surface area contributed by atoms with Crippen molar-refractivity contribution >= 4 is 17.8 Å². The summed E-state index contributed by atoms with van der Waals surface area (Å²) in [6, 6.07) is -1.45. The van der Waals surface area contributed by atoms with E-state index in [9.17, 15) is 14.4 Å². The maximum atomic E-state index is 10.9. The van der Waals surface area contributed by atoms with Crippen molar-refractivity contribution in [1.29, 1.82) is 0 Å². The second kappa shape index (κ2) is 5.14. The summed E-state index contributed by atoms with van der Waals surface area (Å²) >= 11 is 0. The van der Waals surface area contributed by atoms with Gasteiger partial charge >= 0.3 is 11.9 Å². The number of amides is 1. The van der Waals surface area contributed by atoms with E-state index in [0.29, 0.717) is 0 Å². The van der Waals surface area contributed by atoms with Crippen LogP contribution < -0.4 is 5.73 Å². The Morgan fingerprint density at radius 1 is 1.21 bits per heavy atom. The number of carbonyl (C=O) groups excluding carboxylic acids is 1. The summed E-state index contributed by atoms with van der Waals surface area (Å²) in [6.07, 6.45) is -0.671. The van der Waals surface area contributed by atoms with Crippen LogP contribution in [0.2, 0.25) is 0 Å². The minimum absolute atomic E-state index is 0.129. The molecule has 0 aliphatic carbocycles. The predicted octanol–water partition coefficient (Wildman–Crippen LogP) is -1.91. The van der Waals surface area contributed by atoms with Gasteiger partial charge in [0.1, 0.15) is 6.54 Å². The Hall–Kier alpha value is -1.67. The van der Waals surface area contributed by atoms with Gasteiger partial charge in [-0.3, -0.25) is 19.6 Å². The SMILES string of the molecule is NC(CC(=O)O)C(=O)N(O)CC(=O)O. The van der Waals surface area contributed by atoms with Crippen molar-refractivity contribution < 1.29 is 29.8 Å². The standard InChI is InChI=1S/C6H10N2O6/c7-3(1-4(9)10)6(13)8(14)2-5(11)12/h3,14H,1-2,7H2,(H,9,10)(H,11,12). The summed E-state index contributed by atoms with van der Waals surface area (Å²) in [5, 5.41) is 25.1.